The normalized spacial score (nSPS) is 14.6. The Morgan fingerprint density at radius 1 is 1.19 bits per heavy atom. The number of amides is 1. The first-order chi connectivity index (χ1) is 15.4. The van der Waals surface area contributed by atoms with Crippen LogP contribution in [0.1, 0.15) is 5.56 Å². The summed E-state index contributed by atoms with van der Waals surface area (Å²) in [4.78, 5) is 20.7. The highest BCUT2D eigenvalue weighted by molar-refractivity contribution is 7.91. The monoisotopic (exact) mass is 467 g/mol. The molecule has 3 aromatic rings. The highest BCUT2D eigenvalue weighted by atomic mass is 35.5. The Morgan fingerprint density at radius 3 is 2.69 bits per heavy atom. The van der Waals surface area contributed by atoms with Crippen molar-refractivity contribution in [3.8, 4) is 5.75 Å². The molecule has 2 heterocycles. The summed E-state index contributed by atoms with van der Waals surface area (Å²) in [5, 5.41) is 4.42. The van der Waals surface area contributed by atoms with Gasteiger partial charge in [0.1, 0.15) is 16.7 Å². The number of benzene rings is 2. The van der Waals surface area contributed by atoms with Gasteiger partial charge in [0.05, 0.1) is 21.5 Å². The van der Waals surface area contributed by atoms with E-state index in [0.29, 0.717) is 0 Å². The zero-order valence-corrected chi connectivity index (χ0v) is 18.3. The second kappa shape index (κ2) is 8.94. The lowest BCUT2D eigenvalue weighted by atomic mass is 10.2. The number of hydrogen-bond donors (Lipinski definition) is 1. The number of sulfone groups is 1. The van der Waals surface area contributed by atoms with Crippen molar-refractivity contribution in [2.75, 3.05) is 0 Å². The lowest BCUT2D eigenvalue weighted by Gasteiger charge is -2.12. The van der Waals surface area contributed by atoms with Gasteiger partial charge in [0.2, 0.25) is 15.7 Å². The molecule has 0 radical (unpaired) electrons. The van der Waals surface area contributed by atoms with Crippen molar-refractivity contribution in [2.24, 2.45) is 4.99 Å². The van der Waals surface area contributed by atoms with Crippen molar-refractivity contribution in [1.82, 2.24) is 10.3 Å². The van der Waals surface area contributed by atoms with Crippen LogP contribution in [0.25, 0.3) is 6.08 Å². The number of rotatable bonds is 7. The van der Waals surface area contributed by atoms with Gasteiger partial charge in [-0.3, -0.25) is 14.8 Å². The predicted octanol–water partition coefficient (Wildman–Crippen LogP) is 2.19. The molecular weight excluding hydrogens is 450 g/mol. The first-order valence-corrected chi connectivity index (χ1v) is 11.4. The molecule has 0 bridgehead atoms. The van der Waals surface area contributed by atoms with Gasteiger partial charge in [0.15, 0.2) is 0 Å². The summed E-state index contributed by atoms with van der Waals surface area (Å²) in [6, 6.07) is 11.9. The minimum atomic E-state index is -3.93. The maximum atomic E-state index is 13.1. The summed E-state index contributed by atoms with van der Waals surface area (Å²) in [5.74, 6) is -0.156. The van der Waals surface area contributed by atoms with Gasteiger partial charge in [-0.15, -0.1) is 0 Å². The molecule has 1 unspecified atom stereocenters. The summed E-state index contributed by atoms with van der Waals surface area (Å²) in [5.41, 5.74) is 0.733. The molecule has 1 aromatic heterocycles. The van der Waals surface area contributed by atoms with Gasteiger partial charge in [0, 0.05) is 24.2 Å². The Bertz CT molecular complexity index is 1390. The van der Waals surface area contributed by atoms with Crippen LogP contribution in [0.2, 0.25) is 5.02 Å². The van der Waals surface area contributed by atoms with E-state index in [4.69, 9.17) is 16.3 Å². The van der Waals surface area contributed by atoms with E-state index >= 15 is 0 Å². The summed E-state index contributed by atoms with van der Waals surface area (Å²) in [6.07, 6.45) is 6.18. The van der Waals surface area contributed by atoms with Gasteiger partial charge in [0.25, 0.3) is 0 Å². The van der Waals surface area contributed by atoms with Gasteiger partial charge in [-0.25, -0.2) is 8.42 Å². The number of carbonyl (C=O) groups excluding carboxylic acids is 1. The Kier molecular flexibility index (Phi) is 6.07. The van der Waals surface area contributed by atoms with Crippen LogP contribution in [0.5, 0.6) is 5.75 Å². The molecule has 9 heteroatoms. The number of aromatic nitrogens is 1. The van der Waals surface area contributed by atoms with Crippen LogP contribution in [0.4, 0.5) is 0 Å². The van der Waals surface area contributed by atoms with Crippen LogP contribution in [-0.2, 0) is 21.2 Å². The topological polar surface area (TPSA) is 97.7 Å². The standard InChI is InChI=1S/C23H18ClN3O4S/c1-2-31-21-5-3-4-18(24)22(21)32(29,30)17-8-6-15(7-9-17)13-26-23(28)20-12-16-14-25-11-10-19(16)27-20/h2-12,14,20H,1,13H2,(H,26,28). The smallest absolute Gasteiger partial charge is 0.249 e. The van der Waals surface area contributed by atoms with Crippen LogP contribution in [0.15, 0.2) is 88.5 Å². The molecule has 1 amide bonds. The molecule has 1 atom stereocenters. The van der Waals surface area contributed by atoms with E-state index in [1.807, 2.05) is 0 Å². The number of halogens is 1. The van der Waals surface area contributed by atoms with Crippen molar-refractivity contribution in [2.45, 2.75) is 22.4 Å². The molecular formula is C23H18ClN3O4S. The molecule has 32 heavy (non-hydrogen) atoms. The third-order valence-corrected chi connectivity index (χ3v) is 7.10. The van der Waals surface area contributed by atoms with Crippen molar-refractivity contribution in [1.29, 1.82) is 0 Å². The van der Waals surface area contributed by atoms with Crippen molar-refractivity contribution in [3.05, 3.63) is 94.9 Å². The van der Waals surface area contributed by atoms with Crippen LogP contribution >= 0.6 is 11.6 Å². The number of nitrogens with zero attached hydrogens (tertiary/aromatic N) is 2. The second-order valence-electron chi connectivity index (χ2n) is 6.89. The van der Waals surface area contributed by atoms with E-state index in [1.54, 1.807) is 42.7 Å². The van der Waals surface area contributed by atoms with Gasteiger partial charge in [-0.2, -0.15) is 0 Å². The predicted molar refractivity (Wildman–Crippen MR) is 119 cm³/mol. The lowest BCUT2D eigenvalue weighted by molar-refractivity contribution is -0.121. The molecule has 162 valence electrons. The van der Waals surface area contributed by atoms with Crippen LogP contribution in [0.3, 0.4) is 0 Å². The number of pyridine rings is 1. The van der Waals surface area contributed by atoms with E-state index in [-0.39, 0.29) is 33.0 Å². The molecule has 0 fully saturated rings. The Morgan fingerprint density at radius 2 is 1.97 bits per heavy atom. The summed E-state index contributed by atoms with van der Waals surface area (Å²) in [7, 11) is -3.93. The molecule has 0 spiro atoms. The highest BCUT2D eigenvalue weighted by Crippen LogP contribution is 2.35. The maximum absolute atomic E-state index is 13.1. The molecule has 0 saturated carbocycles. The van der Waals surface area contributed by atoms with Crippen LogP contribution in [0, 0.1) is 0 Å². The fourth-order valence-corrected chi connectivity index (χ4v) is 5.17. The molecule has 0 aliphatic carbocycles. The minimum Gasteiger partial charge on any atom is -0.464 e. The van der Waals surface area contributed by atoms with E-state index in [2.05, 4.69) is 21.9 Å². The van der Waals surface area contributed by atoms with Gasteiger partial charge in [-0.05, 0) is 42.0 Å². The largest absolute Gasteiger partial charge is 0.464 e. The van der Waals surface area contributed by atoms with E-state index in [1.165, 1.54) is 24.3 Å². The zero-order valence-electron chi connectivity index (χ0n) is 16.7. The minimum absolute atomic E-state index is 0.0495. The Hall–Kier alpha value is -3.49. The quantitative estimate of drug-likeness (QED) is 0.537. The van der Waals surface area contributed by atoms with E-state index < -0.39 is 15.9 Å². The molecule has 7 nitrogen and oxygen atoms in total. The molecule has 4 rings (SSSR count). The number of hydrogen-bond acceptors (Lipinski definition) is 6. The van der Waals surface area contributed by atoms with Gasteiger partial charge < -0.3 is 10.1 Å². The lowest BCUT2D eigenvalue weighted by Crippen LogP contribution is -2.31. The maximum Gasteiger partial charge on any atom is 0.249 e. The van der Waals surface area contributed by atoms with Crippen molar-refractivity contribution in [3.63, 3.8) is 0 Å². The third kappa shape index (κ3) is 4.28. The SMILES string of the molecule is C=COc1cccc(Cl)c1S(=O)(=O)c1ccc(CNC(=O)C2C=c3cnccc3=N2)cc1. The average Bonchev–Trinajstić information content (AvgIpc) is 3.22. The van der Waals surface area contributed by atoms with Gasteiger partial charge >= 0.3 is 0 Å². The first kappa shape index (κ1) is 21.7. The highest BCUT2D eigenvalue weighted by Gasteiger charge is 2.25. The first-order valence-electron chi connectivity index (χ1n) is 9.57. The fourth-order valence-electron chi connectivity index (χ4n) is 3.27. The zero-order chi connectivity index (χ0) is 22.7. The van der Waals surface area contributed by atoms with Crippen molar-refractivity contribution < 1.29 is 17.9 Å². The Labute approximate surface area is 189 Å². The number of ether oxygens (including phenoxy) is 1. The average molecular weight is 468 g/mol. The third-order valence-electron chi connectivity index (χ3n) is 4.82. The second-order valence-corrected chi connectivity index (χ2v) is 9.19. The van der Waals surface area contributed by atoms with Crippen LogP contribution < -0.4 is 20.6 Å². The van der Waals surface area contributed by atoms with E-state index in [9.17, 15) is 13.2 Å². The van der Waals surface area contributed by atoms with Crippen LogP contribution in [-0.4, -0.2) is 25.4 Å². The van der Waals surface area contributed by atoms with E-state index in [0.717, 1.165) is 22.4 Å². The molecule has 0 saturated heterocycles. The van der Waals surface area contributed by atoms with Gasteiger partial charge in [-0.1, -0.05) is 36.4 Å². The summed E-state index contributed by atoms with van der Waals surface area (Å²) < 4.78 is 31.5. The Balaban J connectivity index is 1.49. The number of nitrogens with one attached hydrogen (secondary N) is 1. The molecule has 2 aromatic carbocycles. The molecule has 1 aliphatic heterocycles. The summed E-state index contributed by atoms with van der Waals surface area (Å²) >= 11 is 6.15. The number of fused-ring (bicyclic) bond motifs is 1. The number of carbonyl (C=O) groups is 1. The molecule has 1 N–H and O–H groups in total. The summed E-state index contributed by atoms with van der Waals surface area (Å²) in [6.45, 7) is 3.69. The molecule has 1 aliphatic rings. The van der Waals surface area contributed by atoms with Crippen molar-refractivity contribution >= 4 is 33.4 Å². The fraction of sp³-hybridized carbons (Fsp3) is 0.0870.